The van der Waals surface area contributed by atoms with Crippen molar-refractivity contribution in [2.75, 3.05) is 7.11 Å². The molecule has 2 aromatic carbocycles. The Morgan fingerprint density at radius 3 is 2.64 bits per heavy atom. The molecule has 0 radical (unpaired) electrons. The zero-order valence-electron chi connectivity index (χ0n) is 17.9. The first-order valence-electron chi connectivity index (χ1n) is 10.3. The van der Waals surface area contributed by atoms with Crippen molar-refractivity contribution in [1.29, 1.82) is 0 Å². The third-order valence-electron chi connectivity index (χ3n) is 4.90. The summed E-state index contributed by atoms with van der Waals surface area (Å²) in [6, 6.07) is 17.3. The predicted molar refractivity (Wildman–Crippen MR) is 124 cm³/mol. The van der Waals surface area contributed by atoms with Crippen LogP contribution in [-0.4, -0.2) is 33.2 Å². The Labute approximate surface area is 194 Å². The summed E-state index contributed by atoms with van der Waals surface area (Å²) in [6.07, 6.45) is 3.65. The summed E-state index contributed by atoms with van der Waals surface area (Å²) >= 11 is 1.38. The SMILES string of the molecule is COc1ccc([C@H](CC(=O)NCc2cccnc2)Sc2n[nH]c(-c3ccc(F)cc3)n2)cc1. The van der Waals surface area contributed by atoms with Gasteiger partial charge in [0.05, 0.1) is 7.11 Å². The Bertz CT molecular complexity index is 1180. The average Bonchev–Trinajstić information content (AvgIpc) is 3.32. The molecular weight excluding hydrogens is 441 g/mol. The van der Waals surface area contributed by atoms with Crippen LogP contribution < -0.4 is 10.1 Å². The molecule has 0 aliphatic heterocycles. The molecule has 0 aliphatic rings. The Morgan fingerprint density at radius 2 is 1.94 bits per heavy atom. The normalized spacial score (nSPS) is 11.7. The van der Waals surface area contributed by atoms with Gasteiger partial charge in [0.1, 0.15) is 11.6 Å². The van der Waals surface area contributed by atoms with E-state index in [9.17, 15) is 9.18 Å². The second-order valence-electron chi connectivity index (χ2n) is 7.20. The number of halogens is 1. The van der Waals surface area contributed by atoms with E-state index in [-0.39, 0.29) is 23.4 Å². The summed E-state index contributed by atoms with van der Waals surface area (Å²) in [5, 5.41) is 10.4. The van der Waals surface area contributed by atoms with E-state index in [1.807, 2.05) is 36.4 Å². The zero-order valence-corrected chi connectivity index (χ0v) is 18.7. The lowest BCUT2D eigenvalue weighted by atomic mass is 10.1. The van der Waals surface area contributed by atoms with Crippen LogP contribution in [0.15, 0.2) is 78.2 Å². The van der Waals surface area contributed by atoms with Crippen molar-refractivity contribution >= 4 is 17.7 Å². The van der Waals surface area contributed by atoms with Crippen LogP contribution in [0.5, 0.6) is 5.75 Å². The van der Waals surface area contributed by atoms with Crippen LogP contribution in [0.3, 0.4) is 0 Å². The standard InChI is InChI=1S/C24H22FN5O2S/c1-32-20-10-6-17(7-11-20)21(13-22(31)27-15-16-3-2-12-26-14-16)33-24-28-23(29-30-24)18-4-8-19(25)9-5-18/h2-12,14,21H,13,15H2,1H3,(H,27,31)(H,28,29,30)/t21-/m0/s1. The highest BCUT2D eigenvalue weighted by molar-refractivity contribution is 7.99. The highest BCUT2D eigenvalue weighted by Crippen LogP contribution is 2.37. The number of aromatic amines is 1. The van der Waals surface area contributed by atoms with Gasteiger partial charge in [0.25, 0.3) is 0 Å². The minimum atomic E-state index is -0.315. The third kappa shape index (κ3) is 6.17. The molecule has 0 aliphatic carbocycles. The number of benzene rings is 2. The number of carbonyl (C=O) groups is 1. The summed E-state index contributed by atoms with van der Waals surface area (Å²) in [5.41, 5.74) is 2.61. The molecule has 2 aromatic heterocycles. The molecule has 1 atom stereocenters. The van der Waals surface area contributed by atoms with Crippen LogP contribution in [0, 0.1) is 5.82 Å². The minimum Gasteiger partial charge on any atom is -0.497 e. The number of hydrogen-bond acceptors (Lipinski definition) is 6. The molecule has 168 valence electrons. The van der Waals surface area contributed by atoms with Crippen molar-refractivity contribution in [2.24, 2.45) is 0 Å². The van der Waals surface area contributed by atoms with E-state index in [1.54, 1.807) is 31.6 Å². The quantitative estimate of drug-likeness (QED) is 0.354. The van der Waals surface area contributed by atoms with Gasteiger partial charge in [-0.25, -0.2) is 9.37 Å². The number of thioether (sulfide) groups is 1. The molecule has 33 heavy (non-hydrogen) atoms. The molecule has 1 amide bonds. The maximum absolute atomic E-state index is 13.2. The van der Waals surface area contributed by atoms with E-state index in [4.69, 9.17) is 4.74 Å². The second-order valence-corrected chi connectivity index (χ2v) is 8.37. The fourth-order valence-corrected chi connectivity index (χ4v) is 4.18. The topological polar surface area (TPSA) is 92.8 Å². The summed E-state index contributed by atoms with van der Waals surface area (Å²) < 4.78 is 18.5. The number of hydrogen-bond donors (Lipinski definition) is 2. The van der Waals surface area contributed by atoms with E-state index < -0.39 is 0 Å². The van der Waals surface area contributed by atoms with E-state index >= 15 is 0 Å². The fraction of sp³-hybridized carbons (Fsp3) is 0.167. The summed E-state index contributed by atoms with van der Waals surface area (Å²) in [5.74, 6) is 0.859. The number of methoxy groups -OCH3 is 1. The minimum absolute atomic E-state index is 0.0959. The maximum Gasteiger partial charge on any atom is 0.221 e. The molecule has 0 fully saturated rings. The van der Waals surface area contributed by atoms with Crippen LogP contribution in [-0.2, 0) is 11.3 Å². The van der Waals surface area contributed by atoms with Crippen molar-refractivity contribution in [3.8, 4) is 17.1 Å². The number of nitrogens with zero attached hydrogens (tertiary/aromatic N) is 3. The highest BCUT2D eigenvalue weighted by Gasteiger charge is 2.20. The van der Waals surface area contributed by atoms with Gasteiger partial charge in [-0.05, 0) is 53.6 Å². The molecule has 9 heteroatoms. The first kappa shape index (κ1) is 22.5. The van der Waals surface area contributed by atoms with E-state index in [0.29, 0.717) is 17.5 Å². The molecule has 0 spiro atoms. The lowest BCUT2D eigenvalue weighted by molar-refractivity contribution is -0.121. The highest BCUT2D eigenvalue weighted by atomic mass is 32.2. The van der Waals surface area contributed by atoms with Gasteiger partial charge in [-0.1, -0.05) is 30.0 Å². The number of H-pyrrole nitrogens is 1. The Morgan fingerprint density at radius 1 is 1.15 bits per heavy atom. The molecule has 2 N–H and O–H groups in total. The van der Waals surface area contributed by atoms with Gasteiger partial charge in [0, 0.05) is 36.2 Å². The molecule has 2 heterocycles. The van der Waals surface area contributed by atoms with E-state index in [1.165, 1.54) is 23.9 Å². The third-order valence-corrected chi connectivity index (χ3v) is 6.02. The summed E-state index contributed by atoms with van der Waals surface area (Å²) in [4.78, 5) is 21.3. The van der Waals surface area contributed by atoms with Crippen LogP contribution in [0.1, 0.15) is 22.8 Å². The maximum atomic E-state index is 13.2. The number of aromatic nitrogens is 4. The Balaban J connectivity index is 1.48. The number of pyridine rings is 1. The molecule has 7 nitrogen and oxygen atoms in total. The van der Waals surface area contributed by atoms with Gasteiger partial charge < -0.3 is 10.1 Å². The first-order valence-corrected chi connectivity index (χ1v) is 11.1. The van der Waals surface area contributed by atoms with E-state index in [2.05, 4.69) is 25.5 Å². The van der Waals surface area contributed by atoms with Gasteiger partial charge in [0.2, 0.25) is 11.1 Å². The smallest absolute Gasteiger partial charge is 0.221 e. The Kier molecular flexibility index (Phi) is 7.31. The zero-order chi connectivity index (χ0) is 23.0. The number of amides is 1. The molecular formula is C24H22FN5O2S. The number of rotatable bonds is 9. The largest absolute Gasteiger partial charge is 0.497 e. The van der Waals surface area contributed by atoms with Gasteiger partial charge in [-0.3, -0.25) is 14.9 Å². The van der Waals surface area contributed by atoms with Gasteiger partial charge in [-0.15, -0.1) is 5.10 Å². The monoisotopic (exact) mass is 463 g/mol. The number of carbonyl (C=O) groups excluding carboxylic acids is 1. The van der Waals surface area contributed by atoms with Crippen molar-refractivity contribution in [2.45, 2.75) is 23.4 Å². The second kappa shape index (κ2) is 10.7. The fourth-order valence-electron chi connectivity index (χ4n) is 3.15. The van der Waals surface area contributed by atoms with E-state index in [0.717, 1.165) is 22.4 Å². The predicted octanol–water partition coefficient (Wildman–Crippen LogP) is 4.55. The number of ether oxygens (including phenoxy) is 1. The van der Waals surface area contributed by atoms with Gasteiger partial charge >= 0.3 is 0 Å². The van der Waals surface area contributed by atoms with Crippen LogP contribution >= 0.6 is 11.8 Å². The first-order chi connectivity index (χ1) is 16.1. The molecule has 4 rings (SSSR count). The van der Waals surface area contributed by atoms with Crippen molar-refractivity contribution in [3.05, 3.63) is 90.0 Å². The molecule has 0 bridgehead atoms. The lowest BCUT2D eigenvalue weighted by Gasteiger charge is -2.16. The van der Waals surface area contributed by atoms with Crippen LogP contribution in [0.25, 0.3) is 11.4 Å². The van der Waals surface area contributed by atoms with Crippen molar-refractivity contribution < 1.29 is 13.9 Å². The molecule has 4 aromatic rings. The Hall–Kier alpha value is -3.72. The van der Waals surface area contributed by atoms with Crippen molar-refractivity contribution in [3.63, 3.8) is 0 Å². The van der Waals surface area contributed by atoms with Crippen molar-refractivity contribution in [1.82, 2.24) is 25.5 Å². The number of nitrogens with one attached hydrogen (secondary N) is 2. The van der Waals surface area contributed by atoms with Crippen LogP contribution in [0.2, 0.25) is 0 Å². The lowest BCUT2D eigenvalue weighted by Crippen LogP contribution is -2.24. The van der Waals surface area contributed by atoms with Crippen LogP contribution in [0.4, 0.5) is 4.39 Å². The van der Waals surface area contributed by atoms with Gasteiger partial charge in [0.15, 0.2) is 5.82 Å². The molecule has 0 unspecified atom stereocenters. The summed E-state index contributed by atoms with van der Waals surface area (Å²) in [6.45, 7) is 0.405. The van der Waals surface area contributed by atoms with Gasteiger partial charge in [-0.2, -0.15) is 0 Å². The molecule has 0 saturated carbocycles. The summed E-state index contributed by atoms with van der Waals surface area (Å²) in [7, 11) is 1.61. The average molecular weight is 464 g/mol. The molecule has 0 saturated heterocycles.